The Balaban J connectivity index is 1.43. The number of aromatic amines is 2. The van der Waals surface area contributed by atoms with Gasteiger partial charge in [-0.3, -0.25) is 24.7 Å². The lowest BCUT2D eigenvalue weighted by molar-refractivity contribution is -0.0565. The summed E-state index contributed by atoms with van der Waals surface area (Å²) in [5.74, 6) is -1.15. The smallest absolute Gasteiger partial charge is 0.338 e. The summed E-state index contributed by atoms with van der Waals surface area (Å²) in [6, 6.07) is 13.7. The quantitative estimate of drug-likeness (QED) is 0.317. The summed E-state index contributed by atoms with van der Waals surface area (Å²) in [5.41, 5.74) is 0.821. The first kappa shape index (κ1) is 25.8. The van der Waals surface area contributed by atoms with Gasteiger partial charge in [0.1, 0.15) is 42.4 Å². The largest absolute Gasteiger partial charge is 0.459 e. The average molecular weight is 532 g/mol. The summed E-state index contributed by atoms with van der Waals surface area (Å²) in [7, 11) is 0. The van der Waals surface area contributed by atoms with Gasteiger partial charge in [0.2, 0.25) is 0 Å². The van der Waals surface area contributed by atoms with Crippen molar-refractivity contribution < 1.29 is 23.8 Å². The van der Waals surface area contributed by atoms with E-state index in [0.717, 1.165) is 11.1 Å². The molecule has 1 aliphatic rings. The van der Waals surface area contributed by atoms with Crippen molar-refractivity contribution >= 4 is 23.0 Å². The van der Waals surface area contributed by atoms with Crippen LogP contribution in [0.2, 0.25) is 0 Å². The number of rotatable bonds is 6. The van der Waals surface area contributed by atoms with Gasteiger partial charge in [0, 0.05) is 6.42 Å². The van der Waals surface area contributed by atoms with Gasteiger partial charge in [-0.1, -0.05) is 35.4 Å². The molecule has 0 aliphatic carbocycles. The highest BCUT2D eigenvalue weighted by molar-refractivity contribution is 5.90. The standard InChI is InChI=1S/C27H25N5O7/c1-14-3-7-16(8-4-14)25(34)37-12-19-18(39-26(35)17-9-5-15(2)6-10-17)11-20(38-19)32-13-29-22(28)21-23(32)30-27(36)31-24(21)33/h3-10,13,18-20,28H,11-12H2,1-2H3,(H2,30,31,33,36)/t18-,19+,20+/m0/s1. The Morgan fingerprint density at radius 1 is 1.00 bits per heavy atom. The number of carbonyl (C=O) groups excluding carboxylic acids is 2. The molecule has 1 saturated heterocycles. The van der Waals surface area contributed by atoms with Gasteiger partial charge in [-0.05, 0) is 38.1 Å². The number of fused-ring (bicyclic) bond motifs is 1. The molecule has 2 aromatic heterocycles. The molecule has 3 N–H and O–H groups in total. The topological polar surface area (TPSA) is 169 Å². The molecule has 3 atom stereocenters. The van der Waals surface area contributed by atoms with Crippen LogP contribution in [-0.4, -0.2) is 50.3 Å². The number of H-pyrrole nitrogens is 2. The van der Waals surface area contributed by atoms with Gasteiger partial charge in [-0.2, -0.15) is 0 Å². The molecule has 0 spiro atoms. The van der Waals surface area contributed by atoms with Crippen molar-refractivity contribution in [2.24, 2.45) is 0 Å². The summed E-state index contributed by atoms with van der Waals surface area (Å²) >= 11 is 0. The summed E-state index contributed by atoms with van der Waals surface area (Å²) in [6.07, 6.45) is -1.23. The molecule has 0 bridgehead atoms. The number of benzene rings is 2. The molecule has 200 valence electrons. The maximum absolute atomic E-state index is 12.9. The molecule has 12 nitrogen and oxygen atoms in total. The minimum atomic E-state index is -0.870. The predicted molar refractivity (Wildman–Crippen MR) is 137 cm³/mol. The number of ether oxygens (including phenoxy) is 3. The normalized spacial score (nSPS) is 18.7. The number of carbonyl (C=O) groups is 2. The first-order chi connectivity index (χ1) is 18.7. The molecule has 0 saturated carbocycles. The number of aromatic nitrogens is 4. The zero-order valence-corrected chi connectivity index (χ0v) is 21.1. The van der Waals surface area contributed by atoms with E-state index in [1.807, 2.05) is 13.8 Å². The molecule has 4 aromatic rings. The van der Waals surface area contributed by atoms with E-state index in [4.69, 9.17) is 19.6 Å². The van der Waals surface area contributed by atoms with Crippen molar-refractivity contribution in [2.75, 3.05) is 6.61 Å². The molecule has 0 radical (unpaired) electrons. The Bertz CT molecular complexity index is 1720. The van der Waals surface area contributed by atoms with Crippen molar-refractivity contribution in [3.63, 3.8) is 0 Å². The fourth-order valence-electron chi connectivity index (χ4n) is 4.32. The zero-order chi connectivity index (χ0) is 27.7. The molecule has 5 rings (SSSR count). The van der Waals surface area contributed by atoms with Crippen LogP contribution in [0, 0.1) is 19.3 Å². The second-order valence-electron chi connectivity index (χ2n) is 9.27. The summed E-state index contributed by atoms with van der Waals surface area (Å²) in [6.45, 7) is 3.57. The van der Waals surface area contributed by atoms with E-state index in [9.17, 15) is 19.2 Å². The zero-order valence-electron chi connectivity index (χ0n) is 21.1. The maximum atomic E-state index is 12.9. The summed E-state index contributed by atoms with van der Waals surface area (Å²) < 4.78 is 18.8. The number of aryl methyl sites for hydroxylation is 2. The number of esters is 2. The monoisotopic (exact) mass is 531 g/mol. The predicted octanol–water partition coefficient (Wildman–Crippen LogP) is 1.88. The third-order valence-electron chi connectivity index (χ3n) is 6.43. The molecule has 1 aliphatic heterocycles. The lowest BCUT2D eigenvalue weighted by Gasteiger charge is -2.19. The van der Waals surface area contributed by atoms with Gasteiger partial charge < -0.3 is 14.2 Å². The van der Waals surface area contributed by atoms with Crippen LogP contribution in [0.5, 0.6) is 0 Å². The fourth-order valence-corrected chi connectivity index (χ4v) is 4.32. The highest BCUT2D eigenvalue weighted by Crippen LogP contribution is 2.32. The van der Waals surface area contributed by atoms with E-state index in [1.165, 1.54) is 10.9 Å². The Morgan fingerprint density at radius 2 is 1.62 bits per heavy atom. The van der Waals surface area contributed by atoms with Crippen LogP contribution >= 0.6 is 0 Å². The summed E-state index contributed by atoms with van der Waals surface area (Å²) in [4.78, 5) is 58.4. The number of hydrogen-bond donors (Lipinski definition) is 3. The minimum Gasteiger partial charge on any atom is -0.459 e. The maximum Gasteiger partial charge on any atom is 0.338 e. The third kappa shape index (κ3) is 5.41. The third-order valence-corrected chi connectivity index (χ3v) is 6.43. The van der Waals surface area contributed by atoms with E-state index in [2.05, 4.69) is 15.0 Å². The van der Waals surface area contributed by atoms with Gasteiger partial charge in [-0.25, -0.2) is 19.4 Å². The van der Waals surface area contributed by atoms with Gasteiger partial charge in [0.15, 0.2) is 5.49 Å². The Morgan fingerprint density at radius 3 is 2.26 bits per heavy atom. The molecule has 39 heavy (non-hydrogen) atoms. The van der Waals surface area contributed by atoms with E-state index in [-0.39, 0.29) is 29.5 Å². The van der Waals surface area contributed by atoms with Crippen molar-refractivity contribution in [3.8, 4) is 0 Å². The molecule has 0 unspecified atom stereocenters. The molecule has 2 aromatic carbocycles. The van der Waals surface area contributed by atoms with E-state index < -0.39 is 41.6 Å². The lowest BCUT2D eigenvalue weighted by Crippen LogP contribution is -2.32. The van der Waals surface area contributed by atoms with Gasteiger partial charge in [-0.15, -0.1) is 0 Å². The van der Waals surface area contributed by atoms with Crippen molar-refractivity contribution in [1.82, 2.24) is 19.5 Å². The number of nitrogens with one attached hydrogen (secondary N) is 3. The van der Waals surface area contributed by atoms with Crippen LogP contribution < -0.4 is 16.7 Å². The molecular weight excluding hydrogens is 506 g/mol. The van der Waals surface area contributed by atoms with Gasteiger partial charge in [0.25, 0.3) is 5.56 Å². The second kappa shape index (κ2) is 10.5. The lowest BCUT2D eigenvalue weighted by atomic mass is 10.1. The molecule has 1 fully saturated rings. The average Bonchev–Trinajstić information content (AvgIpc) is 3.29. The van der Waals surface area contributed by atoms with Crippen molar-refractivity contribution in [3.05, 3.63) is 103 Å². The van der Waals surface area contributed by atoms with Gasteiger partial charge >= 0.3 is 17.6 Å². The van der Waals surface area contributed by atoms with Gasteiger partial charge in [0.05, 0.1) is 11.1 Å². The Labute approximate surface area is 220 Å². The highest BCUT2D eigenvalue weighted by Gasteiger charge is 2.40. The SMILES string of the molecule is Cc1ccc(C(=O)OC[C@H]2O[C@@H](n3cnc(=N)c4c(=O)[nH]c(=O)[nH]c43)C[C@@H]2OC(=O)c2ccc(C)cc2)cc1. The summed E-state index contributed by atoms with van der Waals surface area (Å²) in [5, 5.41) is 7.86. The van der Waals surface area contributed by atoms with Crippen LogP contribution in [0.3, 0.4) is 0 Å². The van der Waals surface area contributed by atoms with Crippen LogP contribution in [0.1, 0.15) is 44.5 Å². The molecule has 0 amide bonds. The van der Waals surface area contributed by atoms with Crippen LogP contribution in [0.4, 0.5) is 0 Å². The van der Waals surface area contributed by atoms with Crippen molar-refractivity contribution in [1.29, 1.82) is 5.41 Å². The number of hydrogen-bond acceptors (Lipinski definition) is 9. The first-order valence-corrected chi connectivity index (χ1v) is 12.1. The van der Waals surface area contributed by atoms with E-state index >= 15 is 0 Å². The highest BCUT2D eigenvalue weighted by atomic mass is 16.6. The Hall–Kier alpha value is -4.84. The van der Waals surface area contributed by atoms with E-state index in [1.54, 1.807) is 48.5 Å². The minimum absolute atomic E-state index is 0.0228. The fraction of sp³-hybridized carbons (Fsp3) is 0.259. The van der Waals surface area contributed by atoms with Crippen molar-refractivity contribution in [2.45, 2.75) is 38.7 Å². The second-order valence-corrected chi connectivity index (χ2v) is 9.27. The molecule has 12 heteroatoms. The van der Waals surface area contributed by atoms with E-state index in [0.29, 0.717) is 11.1 Å². The molecule has 3 heterocycles. The Kier molecular flexibility index (Phi) is 6.94. The molecular formula is C27H25N5O7. The van der Waals surface area contributed by atoms with Crippen LogP contribution in [-0.2, 0) is 14.2 Å². The van der Waals surface area contributed by atoms with Crippen LogP contribution in [0.25, 0.3) is 11.0 Å². The number of nitrogens with zero attached hydrogens (tertiary/aromatic N) is 2. The van der Waals surface area contributed by atoms with Crippen LogP contribution in [0.15, 0.2) is 64.4 Å². The first-order valence-electron chi connectivity index (χ1n) is 12.1.